The standard InChI is InChI=1S/C14H17BrN4O/c1-9-6-10(15)7-11(16)14(9)20-8-13-18-17-12-4-2-3-5-19(12)13/h6-7H,2-5,8,16H2,1H3. The number of aryl methyl sites for hydroxylation is 2. The average molecular weight is 337 g/mol. The second kappa shape index (κ2) is 5.44. The van der Waals surface area contributed by atoms with Crippen molar-refractivity contribution in [1.82, 2.24) is 14.8 Å². The van der Waals surface area contributed by atoms with Crippen molar-refractivity contribution in [3.63, 3.8) is 0 Å². The molecule has 0 spiro atoms. The third-order valence-corrected chi connectivity index (χ3v) is 4.01. The highest BCUT2D eigenvalue weighted by molar-refractivity contribution is 9.10. The van der Waals surface area contributed by atoms with Crippen molar-refractivity contribution in [1.29, 1.82) is 0 Å². The minimum Gasteiger partial charge on any atom is -0.483 e. The van der Waals surface area contributed by atoms with Gasteiger partial charge in [0.15, 0.2) is 5.82 Å². The van der Waals surface area contributed by atoms with Gasteiger partial charge in [0.05, 0.1) is 5.69 Å². The largest absolute Gasteiger partial charge is 0.483 e. The van der Waals surface area contributed by atoms with Crippen LogP contribution in [0.15, 0.2) is 16.6 Å². The highest BCUT2D eigenvalue weighted by atomic mass is 79.9. The number of hydrogen-bond donors (Lipinski definition) is 1. The number of nitrogens with two attached hydrogens (primary N) is 1. The number of anilines is 1. The Bertz CT molecular complexity index is 615. The van der Waals surface area contributed by atoms with Gasteiger partial charge in [-0.05, 0) is 37.5 Å². The molecule has 2 aromatic rings. The van der Waals surface area contributed by atoms with Crippen molar-refractivity contribution in [2.24, 2.45) is 0 Å². The number of fused-ring (bicyclic) bond motifs is 1. The van der Waals surface area contributed by atoms with E-state index < -0.39 is 0 Å². The van der Waals surface area contributed by atoms with Crippen LogP contribution in [0.4, 0.5) is 5.69 Å². The number of nitrogens with zero attached hydrogens (tertiary/aromatic N) is 3. The third-order valence-electron chi connectivity index (χ3n) is 3.55. The summed E-state index contributed by atoms with van der Waals surface area (Å²) in [4.78, 5) is 0. The fraction of sp³-hybridized carbons (Fsp3) is 0.429. The van der Waals surface area contributed by atoms with Crippen LogP contribution in [0.2, 0.25) is 0 Å². The maximum atomic E-state index is 6.00. The molecule has 1 aliphatic rings. The Morgan fingerprint density at radius 3 is 3.00 bits per heavy atom. The number of benzene rings is 1. The molecule has 0 atom stereocenters. The Morgan fingerprint density at radius 1 is 1.35 bits per heavy atom. The maximum absolute atomic E-state index is 6.00. The van der Waals surface area contributed by atoms with Gasteiger partial charge in [0.2, 0.25) is 0 Å². The molecular formula is C14H17BrN4O. The summed E-state index contributed by atoms with van der Waals surface area (Å²) < 4.78 is 8.98. The Kier molecular flexibility index (Phi) is 3.65. The number of nitrogen functional groups attached to an aromatic ring is 1. The Balaban J connectivity index is 1.79. The highest BCUT2D eigenvalue weighted by Crippen LogP contribution is 2.30. The molecule has 2 N–H and O–H groups in total. The smallest absolute Gasteiger partial charge is 0.171 e. The first kappa shape index (κ1) is 13.4. The zero-order valence-corrected chi connectivity index (χ0v) is 13.0. The van der Waals surface area contributed by atoms with Crippen LogP contribution >= 0.6 is 15.9 Å². The SMILES string of the molecule is Cc1cc(Br)cc(N)c1OCc1nnc2n1CCCC2. The van der Waals surface area contributed by atoms with E-state index in [0.717, 1.165) is 40.4 Å². The van der Waals surface area contributed by atoms with Crippen molar-refractivity contribution >= 4 is 21.6 Å². The summed E-state index contributed by atoms with van der Waals surface area (Å²) in [6.07, 6.45) is 3.38. The molecule has 20 heavy (non-hydrogen) atoms. The molecule has 1 aliphatic heterocycles. The van der Waals surface area contributed by atoms with Crippen molar-refractivity contribution in [3.05, 3.63) is 33.8 Å². The topological polar surface area (TPSA) is 66.0 Å². The second-order valence-electron chi connectivity index (χ2n) is 5.07. The summed E-state index contributed by atoms with van der Waals surface area (Å²) in [5.41, 5.74) is 7.65. The molecule has 106 valence electrons. The molecule has 5 nitrogen and oxygen atoms in total. The highest BCUT2D eigenvalue weighted by Gasteiger charge is 2.16. The fourth-order valence-corrected chi connectivity index (χ4v) is 3.15. The van der Waals surface area contributed by atoms with Crippen molar-refractivity contribution < 1.29 is 4.74 Å². The molecule has 1 aromatic heterocycles. The zero-order valence-electron chi connectivity index (χ0n) is 11.4. The van der Waals surface area contributed by atoms with Gasteiger partial charge in [-0.1, -0.05) is 15.9 Å². The van der Waals surface area contributed by atoms with Crippen molar-refractivity contribution in [2.45, 2.75) is 39.3 Å². The van der Waals surface area contributed by atoms with E-state index in [4.69, 9.17) is 10.5 Å². The number of rotatable bonds is 3. The van der Waals surface area contributed by atoms with E-state index in [-0.39, 0.29) is 0 Å². The molecule has 0 amide bonds. The van der Waals surface area contributed by atoms with Crippen LogP contribution in [-0.2, 0) is 19.6 Å². The second-order valence-corrected chi connectivity index (χ2v) is 5.99. The number of hydrogen-bond acceptors (Lipinski definition) is 4. The molecule has 0 bridgehead atoms. The van der Waals surface area contributed by atoms with Crippen LogP contribution in [0.1, 0.15) is 30.1 Å². The lowest BCUT2D eigenvalue weighted by Gasteiger charge is -2.16. The lowest BCUT2D eigenvalue weighted by Crippen LogP contribution is -2.14. The molecular weight excluding hydrogens is 320 g/mol. The van der Waals surface area contributed by atoms with Gasteiger partial charge < -0.3 is 15.0 Å². The lowest BCUT2D eigenvalue weighted by atomic mass is 10.2. The van der Waals surface area contributed by atoms with Crippen LogP contribution < -0.4 is 10.5 Å². The molecule has 0 unspecified atom stereocenters. The minimum atomic E-state index is 0.402. The molecule has 0 radical (unpaired) electrons. The molecule has 2 heterocycles. The molecule has 0 fully saturated rings. The van der Waals surface area contributed by atoms with E-state index in [9.17, 15) is 0 Å². The van der Waals surface area contributed by atoms with E-state index in [2.05, 4.69) is 30.7 Å². The molecule has 0 saturated heterocycles. The van der Waals surface area contributed by atoms with E-state index >= 15 is 0 Å². The first-order valence-corrected chi connectivity index (χ1v) is 7.54. The molecule has 0 saturated carbocycles. The predicted octanol–water partition coefficient (Wildman–Crippen LogP) is 2.85. The number of aromatic nitrogens is 3. The Morgan fingerprint density at radius 2 is 2.20 bits per heavy atom. The summed E-state index contributed by atoms with van der Waals surface area (Å²) in [5.74, 6) is 2.66. The maximum Gasteiger partial charge on any atom is 0.171 e. The lowest BCUT2D eigenvalue weighted by molar-refractivity contribution is 0.286. The average Bonchev–Trinajstić information content (AvgIpc) is 2.81. The van der Waals surface area contributed by atoms with Gasteiger partial charge in [0.25, 0.3) is 0 Å². The van der Waals surface area contributed by atoms with Gasteiger partial charge in [-0.25, -0.2) is 0 Å². The fourth-order valence-electron chi connectivity index (χ4n) is 2.56. The molecule has 1 aromatic carbocycles. The summed E-state index contributed by atoms with van der Waals surface area (Å²) in [6.45, 7) is 3.37. The molecule has 6 heteroatoms. The quantitative estimate of drug-likeness (QED) is 0.875. The summed E-state index contributed by atoms with van der Waals surface area (Å²) in [7, 11) is 0. The van der Waals surface area contributed by atoms with Crippen LogP contribution in [0.25, 0.3) is 0 Å². The van der Waals surface area contributed by atoms with Crippen LogP contribution in [0.3, 0.4) is 0 Å². The molecule has 3 rings (SSSR count). The monoisotopic (exact) mass is 336 g/mol. The summed E-state index contributed by atoms with van der Waals surface area (Å²) in [6, 6.07) is 3.84. The first-order valence-electron chi connectivity index (χ1n) is 6.74. The van der Waals surface area contributed by atoms with Crippen molar-refractivity contribution in [2.75, 3.05) is 5.73 Å². The number of halogens is 1. The van der Waals surface area contributed by atoms with E-state index in [1.165, 1.54) is 12.8 Å². The number of ether oxygens (including phenoxy) is 1. The normalized spacial score (nSPS) is 14.1. The summed E-state index contributed by atoms with van der Waals surface area (Å²) >= 11 is 3.42. The molecule has 0 aliphatic carbocycles. The summed E-state index contributed by atoms with van der Waals surface area (Å²) in [5, 5.41) is 8.45. The van der Waals surface area contributed by atoms with Gasteiger partial charge in [0.1, 0.15) is 18.2 Å². The Hall–Kier alpha value is -1.56. The van der Waals surface area contributed by atoms with Gasteiger partial charge in [-0.2, -0.15) is 0 Å². The zero-order chi connectivity index (χ0) is 14.1. The van der Waals surface area contributed by atoms with Gasteiger partial charge in [-0.3, -0.25) is 0 Å². The first-order chi connectivity index (χ1) is 9.65. The van der Waals surface area contributed by atoms with Gasteiger partial charge in [-0.15, -0.1) is 10.2 Å². The van der Waals surface area contributed by atoms with E-state index in [1.807, 2.05) is 19.1 Å². The van der Waals surface area contributed by atoms with Gasteiger partial charge >= 0.3 is 0 Å². The van der Waals surface area contributed by atoms with Crippen molar-refractivity contribution in [3.8, 4) is 5.75 Å². The van der Waals surface area contributed by atoms with E-state index in [1.54, 1.807) is 0 Å². The van der Waals surface area contributed by atoms with Crippen LogP contribution in [0.5, 0.6) is 5.75 Å². The van der Waals surface area contributed by atoms with E-state index in [0.29, 0.717) is 12.3 Å². The Labute approximate surface area is 126 Å². The van der Waals surface area contributed by atoms with Crippen LogP contribution in [0, 0.1) is 6.92 Å². The predicted molar refractivity (Wildman–Crippen MR) is 80.6 cm³/mol. The van der Waals surface area contributed by atoms with Crippen LogP contribution in [-0.4, -0.2) is 14.8 Å². The third kappa shape index (κ3) is 2.52. The minimum absolute atomic E-state index is 0.402. The van der Waals surface area contributed by atoms with Gasteiger partial charge in [0, 0.05) is 17.4 Å².